The van der Waals surface area contributed by atoms with Gasteiger partial charge in [-0.15, -0.1) is 0 Å². The first-order valence-corrected chi connectivity index (χ1v) is 10.8. The minimum Gasteiger partial charge on any atom is -0.379 e. The van der Waals surface area contributed by atoms with E-state index in [2.05, 4.69) is 51.5 Å². The Bertz CT molecular complexity index is 772. The van der Waals surface area contributed by atoms with Gasteiger partial charge in [0.2, 0.25) is 5.91 Å². The lowest BCUT2D eigenvalue weighted by Gasteiger charge is -2.26. The van der Waals surface area contributed by atoms with Crippen molar-refractivity contribution in [2.75, 3.05) is 44.7 Å². The second-order valence-corrected chi connectivity index (χ2v) is 8.00. The molecule has 0 bridgehead atoms. The summed E-state index contributed by atoms with van der Waals surface area (Å²) < 4.78 is 5.40. The van der Waals surface area contributed by atoms with Crippen LogP contribution in [0.4, 0.5) is 5.69 Å². The van der Waals surface area contributed by atoms with E-state index in [1.807, 2.05) is 18.2 Å². The Morgan fingerprint density at radius 2 is 1.72 bits per heavy atom. The Morgan fingerprint density at radius 1 is 0.966 bits per heavy atom. The van der Waals surface area contributed by atoms with E-state index in [1.54, 1.807) is 0 Å². The molecule has 0 radical (unpaired) electrons. The van der Waals surface area contributed by atoms with Crippen molar-refractivity contribution >= 4 is 11.6 Å². The molecule has 2 saturated heterocycles. The summed E-state index contributed by atoms with van der Waals surface area (Å²) in [4.78, 5) is 17.6. The molecule has 4 rings (SSSR count). The van der Waals surface area contributed by atoms with Crippen molar-refractivity contribution in [1.29, 1.82) is 0 Å². The summed E-state index contributed by atoms with van der Waals surface area (Å²) in [6.45, 7) is 6.60. The van der Waals surface area contributed by atoms with Gasteiger partial charge in [-0.1, -0.05) is 42.5 Å². The van der Waals surface area contributed by atoms with Crippen LogP contribution >= 0.6 is 0 Å². The fourth-order valence-corrected chi connectivity index (χ4v) is 4.22. The molecule has 1 N–H and O–H groups in total. The molecule has 0 aromatic heterocycles. The van der Waals surface area contributed by atoms with Crippen LogP contribution in [0.3, 0.4) is 0 Å². The molecule has 0 aliphatic carbocycles. The average Bonchev–Trinajstić information content (AvgIpc) is 3.23. The number of hydrogen-bond acceptors (Lipinski definition) is 4. The van der Waals surface area contributed by atoms with Gasteiger partial charge in [0.1, 0.15) is 0 Å². The quantitative estimate of drug-likeness (QED) is 0.785. The number of benzene rings is 2. The van der Waals surface area contributed by atoms with Gasteiger partial charge in [0, 0.05) is 31.9 Å². The van der Waals surface area contributed by atoms with Crippen LogP contribution in [0.1, 0.15) is 24.0 Å². The highest BCUT2D eigenvalue weighted by Crippen LogP contribution is 2.22. The van der Waals surface area contributed by atoms with E-state index in [0.29, 0.717) is 0 Å². The third-order valence-electron chi connectivity index (χ3n) is 5.94. The number of rotatable bonds is 7. The number of carbonyl (C=O) groups is 1. The highest BCUT2D eigenvalue weighted by Gasteiger charge is 2.30. The number of carbonyl (C=O) groups excluding carboxylic acids is 1. The number of likely N-dealkylation sites (tertiary alicyclic amines) is 1. The molecule has 1 amide bonds. The smallest absolute Gasteiger partial charge is 0.241 e. The zero-order valence-corrected chi connectivity index (χ0v) is 17.1. The lowest BCUT2D eigenvalue weighted by atomic mass is 10.1. The number of anilines is 1. The van der Waals surface area contributed by atoms with Gasteiger partial charge in [-0.05, 0) is 49.1 Å². The van der Waals surface area contributed by atoms with Crippen molar-refractivity contribution in [3.8, 4) is 0 Å². The van der Waals surface area contributed by atoms with Crippen LogP contribution in [0.2, 0.25) is 0 Å². The summed E-state index contributed by atoms with van der Waals surface area (Å²) in [6, 6.07) is 18.7. The summed E-state index contributed by atoms with van der Waals surface area (Å²) in [5.41, 5.74) is 3.45. The fourth-order valence-electron chi connectivity index (χ4n) is 4.22. The fraction of sp³-hybridized carbons (Fsp3) is 0.458. The zero-order valence-electron chi connectivity index (χ0n) is 17.1. The Kier molecular flexibility index (Phi) is 6.93. The number of ether oxygens (including phenoxy) is 1. The molecule has 154 valence electrons. The van der Waals surface area contributed by atoms with Crippen LogP contribution in [0.15, 0.2) is 54.6 Å². The molecule has 2 fully saturated rings. The van der Waals surface area contributed by atoms with E-state index in [4.69, 9.17) is 4.74 Å². The predicted molar refractivity (Wildman–Crippen MR) is 116 cm³/mol. The molecule has 2 heterocycles. The number of amides is 1. The SMILES string of the molecule is O=C(Nc1ccc(CCN2CCOCC2)cc1)C1CCCN1Cc1ccccc1. The maximum Gasteiger partial charge on any atom is 0.241 e. The van der Waals surface area contributed by atoms with Gasteiger partial charge in [0.05, 0.1) is 19.3 Å². The number of nitrogens with one attached hydrogen (secondary N) is 1. The van der Waals surface area contributed by atoms with Crippen molar-refractivity contribution in [2.45, 2.75) is 31.8 Å². The van der Waals surface area contributed by atoms with E-state index in [0.717, 1.165) is 70.9 Å². The van der Waals surface area contributed by atoms with E-state index < -0.39 is 0 Å². The number of morpholine rings is 1. The van der Waals surface area contributed by atoms with Crippen molar-refractivity contribution in [1.82, 2.24) is 9.80 Å². The summed E-state index contributed by atoms with van der Waals surface area (Å²) in [6.07, 6.45) is 3.03. The lowest BCUT2D eigenvalue weighted by Crippen LogP contribution is -2.39. The van der Waals surface area contributed by atoms with Crippen LogP contribution < -0.4 is 5.32 Å². The normalized spacial score (nSPS) is 20.6. The zero-order chi connectivity index (χ0) is 19.9. The van der Waals surface area contributed by atoms with Gasteiger partial charge in [-0.25, -0.2) is 0 Å². The second-order valence-electron chi connectivity index (χ2n) is 8.00. The van der Waals surface area contributed by atoms with Gasteiger partial charge >= 0.3 is 0 Å². The minimum atomic E-state index is -0.0452. The topological polar surface area (TPSA) is 44.8 Å². The monoisotopic (exact) mass is 393 g/mol. The second kappa shape index (κ2) is 10.0. The predicted octanol–water partition coefficient (Wildman–Crippen LogP) is 3.16. The molecule has 2 aromatic carbocycles. The highest BCUT2D eigenvalue weighted by atomic mass is 16.5. The van der Waals surface area contributed by atoms with Crippen molar-refractivity contribution < 1.29 is 9.53 Å². The standard InChI is InChI=1S/C24H31N3O2/c28-24(23-7-4-13-27(23)19-21-5-2-1-3-6-21)25-22-10-8-20(9-11-22)12-14-26-15-17-29-18-16-26/h1-3,5-6,8-11,23H,4,7,12-19H2,(H,25,28). The van der Waals surface area contributed by atoms with Crippen LogP contribution in [0, 0.1) is 0 Å². The molecule has 29 heavy (non-hydrogen) atoms. The van der Waals surface area contributed by atoms with Crippen molar-refractivity contribution in [2.24, 2.45) is 0 Å². The minimum absolute atomic E-state index is 0.0452. The molecule has 5 heteroatoms. The van der Waals surface area contributed by atoms with Crippen LogP contribution in [0.25, 0.3) is 0 Å². The Balaban J connectivity index is 1.28. The maximum atomic E-state index is 12.9. The first kappa shape index (κ1) is 20.1. The third kappa shape index (κ3) is 5.66. The van der Waals surface area contributed by atoms with Crippen LogP contribution in [-0.4, -0.2) is 61.1 Å². The van der Waals surface area contributed by atoms with E-state index >= 15 is 0 Å². The molecule has 1 atom stereocenters. The first-order chi connectivity index (χ1) is 14.3. The third-order valence-corrected chi connectivity index (χ3v) is 5.94. The van der Waals surface area contributed by atoms with Gasteiger partial charge in [0.15, 0.2) is 0 Å². The van der Waals surface area contributed by atoms with Crippen LogP contribution in [-0.2, 0) is 22.5 Å². The Labute approximate surface area is 173 Å². The van der Waals surface area contributed by atoms with Gasteiger partial charge in [0.25, 0.3) is 0 Å². The Hall–Kier alpha value is -2.21. The summed E-state index contributed by atoms with van der Waals surface area (Å²) in [7, 11) is 0. The molecule has 2 aliphatic heterocycles. The van der Waals surface area contributed by atoms with Gasteiger partial charge in [-0.2, -0.15) is 0 Å². The first-order valence-electron chi connectivity index (χ1n) is 10.8. The van der Waals surface area contributed by atoms with E-state index in [9.17, 15) is 4.79 Å². The average molecular weight is 394 g/mol. The van der Waals surface area contributed by atoms with Crippen LogP contribution in [0.5, 0.6) is 0 Å². The largest absolute Gasteiger partial charge is 0.379 e. The lowest BCUT2D eigenvalue weighted by molar-refractivity contribution is -0.120. The van der Waals surface area contributed by atoms with E-state index in [-0.39, 0.29) is 11.9 Å². The number of hydrogen-bond donors (Lipinski definition) is 1. The molecule has 1 unspecified atom stereocenters. The Morgan fingerprint density at radius 3 is 2.48 bits per heavy atom. The molecule has 0 saturated carbocycles. The number of nitrogens with zero attached hydrogens (tertiary/aromatic N) is 2. The highest BCUT2D eigenvalue weighted by molar-refractivity contribution is 5.95. The molecule has 2 aliphatic rings. The van der Waals surface area contributed by atoms with Gasteiger partial charge < -0.3 is 10.1 Å². The van der Waals surface area contributed by atoms with Crippen molar-refractivity contribution in [3.05, 3.63) is 65.7 Å². The molecular formula is C24H31N3O2. The molecule has 0 spiro atoms. The maximum absolute atomic E-state index is 12.9. The molecule has 2 aromatic rings. The summed E-state index contributed by atoms with van der Waals surface area (Å²) in [5.74, 6) is 0.111. The molecular weight excluding hydrogens is 362 g/mol. The molecule has 5 nitrogen and oxygen atoms in total. The summed E-state index contributed by atoms with van der Waals surface area (Å²) in [5, 5.41) is 3.12. The van der Waals surface area contributed by atoms with E-state index in [1.165, 1.54) is 11.1 Å². The summed E-state index contributed by atoms with van der Waals surface area (Å²) >= 11 is 0. The van der Waals surface area contributed by atoms with Gasteiger partial charge in [-0.3, -0.25) is 14.6 Å². The van der Waals surface area contributed by atoms with Crippen molar-refractivity contribution in [3.63, 3.8) is 0 Å².